The molecule has 0 radical (unpaired) electrons. The van der Waals surface area contributed by atoms with Gasteiger partial charge in [0.05, 0.1) is 6.61 Å². The molecule has 0 spiro atoms. The van der Waals surface area contributed by atoms with Gasteiger partial charge < -0.3 is 10.1 Å². The Bertz CT molecular complexity index is 185. The van der Waals surface area contributed by atoms with Gasteiger partial charge in [0.2, 0.25) is 0 Å². The van der Waals surface area contributed by atoms with Crippen molar-refractivity contribution in [1.82, 2.24) is 5.32 Å². The number of alkyl halides is 3. The first kappa shape index (κ1) is 15.7. The molecule has 0 aromatic heterocycles. The Morgan fingerprint density at radius 1 is 1.12 bits per heavy atom. The van der Waals surface area contributed by atoms with E-state index in [9.17, 15) is 13.2 Å². The Labute approximate surface area is 95.5 Å². The molecular weight excluding hydrogens is 219 g/mol. The molecular formula is C11H22F3NO. The molecule has 0 aliphatic rings. The largest absolute Gasteiger partial charge is 0.411 e. The van der Waals surface area contributed by atoms with Crippen LogP contribution in [-0.4, -0.2) is 32.5 Å². The molecule has 0 aromatic carbocycles. The van der Waals surface area contributed by atoms with Gasteiger partial charge in [-0.1, -0.05) is 27.2 Å². The minimum atomic E-state index is -4.23. The second-order valence-corrected chi connectivity index (χ2v) is 4.45. The first-order chi connectivity index (χ1) is 7.33. The van der Waals surface area contributed by atoms with Gasteiger partial charge in [-0.2, -0.15) is 13.2 Å². The smallest absolute Gasteiger partial charge is 0.371 e. The molecule has 0 saturated carbocycles. The predicted molar refractivity (Wildman–Crippen MR) is 58.4 cm³/mol. The Hall–Kier alpha value is -0.290. The van der Waals surface area contributed by atoms with Gasteiger partial charge in [0.15, 0.2) is 0 Å². The van der Waals surface area contributed by atoms with Crippen LogP contribution in [-0.2, 0) is 4.74 Å². The number of hydrogen-bond acceptors (Lipinski definition) is 2. The molecule has 0 rings (SSSR count). The van der Waals surface area contributed by atoms with Gasteiger partial charge in [0, 0.05) is 12.0 Å². The average molecular weight is 241 g/mol. The van der Waals surface area contributed by atoms with Crippen molar-refractivity contribution >= 4 is 0 Å². The van der Waals surface area contributed by atoms with Crippen LogP contribution in [0, 0.1) is 5.41 Å². The van der Waals surface area contributed by atoms with Crippen molar-refractivity contribution in [2.75, 3.05) is 26.3 Å². The zero-order valence-electron chi connectivity index (χ0n) is 10.3. The lowest BCUT2D eigenvalue weighted by Gasteiger charge is -2.29. The highest BCUT2D eigenvalue weighted by molar-refractivity contribution is 4.76. The fourth-order valence-corrected chi connectivity index (χ4v) is 1.66. The summed E-state index contributed by atoms with van der Waals surface area (Å²) in [5.41, 5.74) is -0.212. The van der Waals surface area contributed by atoms with E-state index in [1.54, 1.807) is 0 Å². The first-order valence-corrected chi connectivity index (χ1v) is 5.68. The summed E-state index contributed by atoms with van der Waals surface area (Å²) in [5, 5.41) is 3.16. The van der Waals surface area contributed by atoms with Crippen molar-refractivity contribution in [2.24, 2.45) is 5.41 Å². The van der Waals surface area contributed by atoms with E-state index in [2.05, 4.69) is 5.32 Å². The van der Waals surface area contributed by atoms with Gasteiger partial charge in [0.1, 0.15) is 6.61 Å². The third-order valence-electron chi connectivity index (χ3n) is 2.37. The van der Waals surface area contributed by atoms with Crippen LogP contribution in [0.5, 0.6) is 0 Å². The van der Waals surface area contributed by atoms with Crippen molar-refractivity contribution in [3.05, 3.63) is 0 Å². The molecule has 16 heavy (non-hydrogen) atoms. The molecule has 0 aliphatic heterocycles. The third-order valence-corrected chi connectivity index (χ3v) is 2.37. The van der Waals surface area contributed by atoms with E-state index in [-0.39, 0.29) is 12.0 Å². The number of hydrogen-bond donors (Lipinski definition) is 1. The lowest BCUT2D eigenvalue weighted by Crippen LogP contribution is -2.36. The summed E-state index contributed by atoms with van der Waals surface area (Å²) in [4.78, 5) is 0. The second-order valence-electron chi connectivity index (χ2n) is 4.45. The van der Waals surface area contributed by atoms with Crippen LogP contribution < -0.4 is 5.32 Å². The van der Waals surface area contributed by atoms with Crippen LogP contribution >= 0.6 is 0 Å². The Kier molecular flexibility index (Phi) is 6.99. The monoisotopic (exact) mass is 241 g/mol. The molecule has 0 aromatic rings. The van der Waals surface area contributed by atoms with E-state index in [1.807, 2.05) is 20.8 Å². The van der Waals surface area contributed by atoms with Crippen molar-refractivity contribution in [3.63, 3.8) is 0 Å². The molecule has 98 valence electrons. The molecule has 0 amide bonds. The lowest BCUT2D eigenvalue weighted by molar-refractivity contribution is -0.180. The Morgan fingerprint density at radius 3 is 2.19 bits per heavy atom. The van der Waals surface area contributed by atoms with Crippen LogP contribution in [0.2, 0.25) is 0 Å². The Balaban J connectivity index is 4.01. The van der Waals surface area contributed by atoms with Crippen molar-refractivity contribution in [2.45, 2.75) is 39.8 Å². The van der Waals surface area contributed by atoms with E-state index in [0.717, 1.165) is 19.4 Å². The predicted octanol–water partition coefficient (Wildman–Crippen LogP) is 2.98. The molecule has 2 nitrogen and oxygen atoms in total. The summed E-state index contributed by atoms with van der Waals surface area (Å²) in [6.45, 7) is 6.45. The maximum absolute atomic E-state index is 11.9. The summed E-state index contributed by atoms with van der Waals surface area (Å²) in [6.07, 6.45) is -2.43. The highest BCUT2D eigenvalue weighted by Gasteiger charge is 2.30. The number of ether oxygens (including phenoxy) is 1. The summed E-state index contributed by atoms with van der Waals surface area (Å²) >= 11 is 0. The molecule has 0 heterocycles. The highest BCUT2D eigenvalue weighted by Crippen LogP contribution is 2.24. The van der Waals surface area contributed by atoms with Crippen LogP contribution in [0.15, 0.2) is 0 Å². The number of rotatable bonds is 8. The maximum Gasteiger partial charge on any atom is 0.411 e. The lowest BCUT2D eigenvalue weighted by atomic mass is 9.86. The molecule has 1 unspecified atom stereocenters. The van der Waals surface area contributed by atoms with Gasteiger partial charge in [-0.3, -0.25) is 0 Å². The van der Waals surface area contributed by atoms with Gasteiger partial charge >= 0.3 is 6.18 Å². The van der Waals surface area contributed by atoms with Gasteiger partial charge in [-0.25, -0.2) is 0 Å². The van der Waals surface area contributed by atoms with Gasteiger partial charge in [-0.15, -0.1) is 0 Å². The van der Waals surface area contributed by atoms with E-state index < -0.39 is 12.8 Å². The fraction of sp³-hybridized carbons (Fsp3) is 1.00. The van der Waals surface area contributed by atoms with Crippen LogP contribution in [0.4, 0.5) is 13.2 Å². The zero-order chi connectivity index (χ0) is 12.7. The summed E-state index contributed by atoms with van der Waals surface area (Å²) in [7, 11) is 0. The van der Waals surface area contributed by atoms with Gasteiger partial charge in [0.25, 0.3) is 0 Å². The fourth-order valence-electron chi connectivity index (χ4n) is 1.66. The quantitative estimate of drug-likeness (QED) is 0.705. The van der Waals surface area contributed by atoms with Crippen molar-refractivity contribution in [1.29, 1.82) is 0 Å². The number of halogens is 3. The second kappa shape index (κ2) is 7.12. The minimum Gasteiger partial charge on any atom is -0.371 e. The summed E-state index contributed by atoms with van der Waals surface area (Å²) in [5.74, 6) is 0. The van der Waals surface area contributed by atoms with Crippen molar-refractivity contribution in [3.8, 4) is 0 Å². The van der Waals surface area contributed by atoms with E-state index in [0.29, 0.717) is 6.54 Å². The van der Waals surface area contributed by atoms with Crippen LogP contribution in [0.1, 0.15) is 33.6 Å². The average Bonchev–Trinajstić information content (AvgIpc) is 2.13. The van der Waals surface area contributed by atoms with Crippen LogP contribution in [0.3, 0.4) is 0 Å². The van der Waals surface area contributed by atoms with Crippen molar-refractivity contribution < 1.29 is 17.9 Å². The minimum absolute atomic E-state index is 0.146. The van der Waals surface area contributed by atoms with Crippen LogP contribution in [0.25, 0.3) is 0 Å². The standard InChI is InChI=1S/C11H22F3NO/c1-4-6-10(3,7-15-5-2)8-16-9-11(12,13)14/h15H,4-9H2,1-3H3. The molecule has 0 aliphatic carbocycles. The topological polar surface area (TPSA) is 21.3 Å². The molecule has 0 saturated heterocycles. The summed E-state index contributed by atoms with van der Waals surface area (Å²) < 4.78 is 40.5. The Morgan fingerprint density at radius 2 is 1.75 bits per heavy atom. The van der Waals surface area contributed by atoms with E-state index >= 15 is 0 Å². The first-order valence-electron chi connectivity index (χ1n) is 5.68. The maximum atomic E-state index is 11.9. The highest BCUT2D eigenvalue weighted by atomic mass is 19.4. The molecule has 0 fully saturated rings. The van der Waals surface area contributed by atoms with E-state index in [1.165, 1.54) is 0 Å². The molecule has 1 atom stereocenters. The molecule has 1 N–H and O–H groups in total. The molecule has 5 heteroatoms. The van der Waals surface area contributed by atoms with E-state index in [4.69, 9.17) is 4.74 Å². The van der Waals surface area contributed by atoms with Gasteiger partial charge in [-0.05, 0) is 13.0 Å². The molecule has 0 bridgehead atoms. The zero-order valence-corrected chi connectivity index (χ0v) is 10.3. The normalized spacial score (nSPS) is 16.1. The number of nitrogens with one attached hydrogen (secondary N) is 1. The SMILES string of the molecule is CCCC(C)(CNCC)COCC(F)(F)F. The summed E-state index contributed by atoms with van der Waals surface area (Å²) in [6, 6.07) is 0. The third kappa shape index (κ3) is 7.93.